The van der Waals surface area contributed by atoms with Gasteiger partial charge in [-0.2, -0.15) is 0 Å². The highest BCUT2D eigenvalue weighted by Crippen LogP contribution is 2.37. The standard InChI is InChI=1S/C13H22N2O3/c1-9-7-10(11(8-9)13(17)18)12(16)15-5-3-14(2)4-6-15/h9-11H,3-8H2,1-2H3,(H,17,18)/t9?,10-,11+/m0/s1. The average Bonchev–Trinajstić information content (AvgIpc) is 2.71. The monoisotopic (exact) mass is 254 g/mol. The van der Waals surface area contributed by atoms with Gasteiger partial charge in [0.05, 0.1) is 11.8 Å². The van der Waals surface area contributed by atoms with Crippen molar-refractivity contribution in [2.24, 2.45) is 17.8 Å². The van der Waals surface area contributed by atoms with Crippen LogP contribution in [0.4, 0.5) is 0 Å². The molecule has 2 rings (SSSR count). The number of hydrogen-bond donors (Lipinski definition) is 1. The van der Waals surface area contributed by atoms with Crippen LogP contribution in [0, 0.1) is 17.8 Å². The summed E-state index contributed by atoms with van der Waals surface area (Å²) in [6.07, 6.45) is 1.36. The summed E-state index contributed by atoms with van der Waals surface area (Å²) in [6.45, 7) is 5.25. The van der Waals surface area contributed by atoms with Crippen molar-refractivity contribution in [1.82, 2.24) is 9.80 Å². The Kier molecular flexibility index (Phi) is 3.90. The molecular formula is C13H22N2O3. The van der Waals surface area contributed by atoms with E-state index in [1.807, 2.05) is 18.9 Å². The Labute approximate surface area is 108 Å². The molecule has 0 aromatic carbocycles. The zero-order valence-corrected chi connectivity index (χ0v) is 11.1. The first-order chi connectivity index (χ1) is 8.49. The summed E-state index contributed by atoms with van der Waals surface area (Å²) < 4.78 is 0. The van der Waals surface area contributed by atoms with Crippen molar-refractivity contribution in [1.29, 1.82) is 0 Å². The number of amides is 1. The molecule has 0 radical (unpaired) electrons. The summed E-state index contributed by atoms with van der Waals surface area (Å²) in [5.74, 6) is -1.20. The molecule has 1 unspecified atom stereocenters. The van der Waals surface area contributed by atoms with E-state index in [1.54, 1.807) is 0 Å². The van der Waals surface area contributed by atoms with Crippen molar-refractivity contribution in [3.8, 4) is 0 Å². The minimum atomic E-state index is -0.813. The van der Waals surface area contributed by atoms with Gasteiger partial charge in [0.25, 0.3) is 0 Å². The van der Waals surface area contributed by atoms with Crippen molar-refractivity contribution < 1.29 is 14.7 Å². The lowest BCUT2D eigenvalue weighted by atomic mass is 9.94. The minimum absolute atomic E-state index is 0.0554. The Hall–Kier alpha value is -1.10. The van der Waals surface area contributed by atoms with Crippen LogP contribution in [0.1, 0.15) is 19.8 Å². The van der Waals surface area contributed by atoms with E-state index in [4.69, 9.17) is 0 Å². The Morgan fingerprint density at radius 1 is 1.06 bits per heavy atom. The number of carbonyl (C=O) groups excluding carboxylic acids is 1. The molecule has 1 saturated heterocycles. The molecule has 1 N–H and O–H groups in total. The van der Waals surface area contributed by atoms with E-state index in [-0.39, 0.29) is 11.8 Å². The highest BCUT2D eigenvalue weighted by Gasteiger charge is 2.42. The molecule has 18 heavy (non-hydrogen) atoms. The van der Waals surface area contributed by atoms with Crippen LogP contribution in [0.15, 0.2) is 0 Å². The van der Waals surface area contributed by atoms with E-state index >= 15 is 0 Å². The first kappa shape index (κ1) is 13.3. The number of hydrogen-bond acceptors (Lipinski definition) is 3. The SMILES string of the molecule is CC1C[C@H](C(=O)N2CCN(C)CC2)[C@H](C(=O)O)C1. The van der Waals surface area contributed by atoms with Gasteiger partial charge >= 0.3 is 5.97 Å². The number of piperazine rings is 1. The van der Waals surface area contributed by atoms with Crippen molar-refractivity contribution in [3.63, 3.8) is 0 Å². The molecular weight excluding hydrogens is 232 g/mol. The number of rotatable bonds is 2. The Morgan fingerprint density at radius 2 is 1.61 bits per heavy atom. The van der Waals surface area contributed by atoms with Gasteiger partial charge in [0.2, 0.25) is 5.91 Å². The van der Waals surface area contributed by atoms with Gasteiger partial charge in [-0.05, 0) is 25.8 Å². The summed E-state index contributed by atoms with van der Waals surface area (Å²) >= 11 is 0. The molecule has 5 nitrogen and oxygen atoms in total. The van der Waals surface area contributed by atoms with Crippen molar-refractivity contribution in [2.45, 2.75) is 19.8 Å². The van der Waals surface area contributed by atoms with Gasteiger partial charge in [-0.1, -0.05) is 6.92 Å². The molecule has 0 bridgehead atoms. The summed E-state index contributed by atoms with van der Waals surface area (Å²) in [7, 11) is 2.04. The highest BCUT2D eigenvalue weighted by atomic mass is 16.4. The Balaban J connectivity index is 2.01. The van der Waals surface area contributed by atoms with Gasteiger partial charge in [0, 0.05) is 26.2 Å². The lowest BCUT2D eigenvalue weighted by molar-refractivity contribution is -0.149. The molecule has 1 saturated carbocycles. The Bertz CT molecular complexity index is 337. The van der Waals surface area contributed by atoms with Gasteiger partial charge < -0.3 is 14.9 Å². The van der Waals surface area contributed by atoms with E-state index in [2.05, 4.69) is 4.90 Å². The van der Waals surface area contributed by atoms with Gasteiger partial charge in [-0.15, -0.1) is 0 Å². The van der Waals surface area contributed by atoms with Crippen LogP contribution in [0.3, 0.4) is 0 Å². The second kappa shape index (κ2) is 5.26. The van der Waals surface area contributed by atoms with E-state index < -0.39 is 11.9 Å². The maximum atomic E-state index is 12.4. The third kappa shape index (κ3) is 2.66. The van der Waals surface area contributed by atoms with Crippen molar-refractivity contribution >= 4 is 11.9 Å². The summed E-state index contributed by atoms with van der Waals surface area (Å²) in [6, 6.07) is 0. The third-order valence-corrected chi connectivity index (χ3v) is 4.25. The molecule has 1 heterocycles. The molecule has 0 aromatic heterocycles. The van der Waals surface area contributed by atoms with Crippen LogP contribution >= 0.6 is 0 Å². The summed E-state index contributed by atoms with van der Waals surface area (Å²) in [5, 5.41) is 9.21. The maximum Gasteiger partial charge on any atom is 0.307 e. The second-order valence-corrected chi connectivity index (χ2v) is 5.76. The minimum Gasteiger partial charge on any atom is -0.481 e. The normalized spacial score (nSPS) is 33.7. The molecule has 102 valence electrons. The van der Waals surface area contributed by atoms with Crippen LogP contribution in [0.2, 0.25) is 0 Å². The molecule has 1 aliphatic carbocycles. The fourth-order valence-electron chi connectivity index (χ4n) is 3.10. The number of carboxylic acid groups (broad SMARTS) is 1. The predicted octanol–water partition coefficient (Wildman–Crippen LogP) is 0.507. The summed E-state index contributed by atoms with van der Waals surface area (Å²) in [5.41, 5.74) is 0. The Morgan fingerprint density at radius 3 is 2.17 bits per heavy atom. The first-order valence-electron chi connectivity index (χ1n) is 6.69. The maximum absolute atomic E-state index is 12.4. The van der Waals surface area contributed by atoms with Crippen LogP contribution in [-0.4, -0.2) is 60.0 Å². The average molecular weight is 254 g/mol. The van der Waals surface area contributed by atoms with Gasteiger partial charge in [0.15, 0.2) is 0 Å². The predicted molar refractivity (Wildman–Crippen MR) is 67.1 cm³/mol. The second-order valence-electron chi connectivity index (χ2n) is 5.76. The summed E-state index contributed by atoms with van der Waals surface area (Å²) in [4.78, 5) is 27.7. The van der Waals surface area contributed by atoms with Crippen LogP contribution < -0.4 is 0 Å². The van der Waals surface area contributed by atoms with E-state index in [1.165, 1.54) is 0 Å². The lowest BCUT2D eigenvalue weighted by Gasteiger charge is -2.34. The van der Waals surface area contributed by atoms with Crippen LogP contribution in [0.5, 0.6) is 0 Å². The number of nitrogens with zero attached hydrogens (tertiary/aromatic N) is 2. The van der Waals surface area contributed by atoms with E-state index in [0.717, 1.165) is 32.6 Å². The number of carboxylic acids is 1. The van der Waals surface area contributed by atoms with Crippen LogP contribution in [0.25, 0.3) is 0 Å². The van der Waals surface area contributed by atoms with E-state index in [0.29, 0.717) is 12.3 Å². The quantitative estimate of drug-likeness (QED) is 0.780. The molecule has 3 atom stereocenters. The molecule has 1 amide bonds. The lowest BCUT2D eigenvalue weighted by Crippen LogP contribution is -2.49. The van der Waals surface area contributed by atoms with Crippen molar-refractivity contribution in [2.75, 3.05) is 33.2 Å². The zero-order chi connectivity index (χ0) is 13.3. The zero-order valence-electron chi connectivity index (χ0n) is 11.1. The van der Waals surface area contributed by atoms with Gasteiger partial charge in [0.1, 0.15) is 0 Å². The smallest absolute Gasteiger partial charge is 0.307 e. The molecule has 0 aromatic rings. The molecule has 1 aliphatic heterocycles. The number of likely N-dealkylation sites (N-methyl/N-ethyl adjacent to an activating group) is 1. The number of aliphatic carboxylic acids is 1. The van der Waals surface area contributed by atoms with E-state index in [9.17, 15) is 14.7 Å². The molecule has 2 aliphatic rings. The largest absolute Gasteiger partial charge is 0.481 e. The van der Waals surface area contributed by atoms with Crippen molar-refractivity contribution in [3.05, 3.63) is 0 Å². The third-order valence-electron chi connectivity index (χ3n) is 4.25. The fourth-order valence-corrected chi connectivity index (χ4v) is 3.10. The fraction of sp³-hybridized carbons (Fsp3) is 0.846. The first-order valence-corrected chi connectivity index (χ1v) is 6.69. The van der Waals surface area contributed by atoms with Gasteiger partial charge in [-0.3, -0.25) is 9.59 Å². The van der Waals surface area contributed by atoms with Gasteiger partial charge in [-0.25, -0.2) is 0 Å². The number of carbonyl (C=O) groups is 2. The topological polar surface area (TPSA) is 60.9 Å². The molecule has 0 spiro atoms. The van der Waals surface area contributed by atoms with Crippen LogP contribution in [-0.2, 0) is 9.59 Å². The highest BCUT2D eigenvalue weighted by molar-refractivity contribution is 5.85. The molecule has 5 heteroatoms. The molecule has 2 fully saturated rings.